The SMILES string of the molecule is CC(C)Cn1cc(C=O)c(-c2cccc(F)c2F)n1. The lowest BCUT2D eigenvalue weighted by atomic mass is 10.1. The molecule has 0 aliphatic rings. The molecule has 2 aromatic rings. The van der Waals surface area contributed by atoms with Gasteiger partial charge < -0.3 is 0 Å². The first-order chi connectivity index (χ1) is 9.02. The van der Waals surface area contributed by atoms with Gasteiger partial charge in [0.15, 0.2) is 17.9 Å². The standard InChI is InChI=1S/C14H14F2N2O/c1-9(2)6-18-7-10(8-19)14(17-18)11-4-3-5-12(15)13(11)16/h3-5,7-9H,6H2,1-2H3. The van der Waals surface area contributed by atoms with Crippen LogP contribution in [0.25, 0.3) is 11.3 Å². The summed E-state index contributed by atoms with van der Waals surface area (Å²) in [5, 5.41) is 4.17. The lowest BCUT2D eigenvalue weighted by molar-refractivity contribution is 0.112. The van der Waals surface area contributed by atoms with Gasteiger partial charge in [0, 0.05) is 18.3 Å². The van der Waals surface area contributed by atoms with Crippen LogP contribution in [0.2, 0.25) is 0 Å². The highest BCUT2D eigenvalue weighted by molar-refractivity contribution is 5.85. The van der Waals surface area contributed by atoms with Crippen molar-refractivity contribution in [2.24, 2.45) is 5.92 Å². The molecule has 19 heavy (non-hydrogen) atoms. The number of benzene rings is 1. The van der Waals surface area contributed by atoms with Gasteiger partial charge in [0.25, 0.3) is 0 Å². The molecule has 0 fully saturated rings. The molecule has 0 N–H and O–H groups in total. The Morgan fingerprint density at radius 3 is 2.74 bits per heavy atom. The third-order valence-electron chi connectivity index (χ3n) is 2.68. The second-order valence-corrected chi connectivity index (χ2v) is 4.77. The molecule has 0 amide bonds. The molecule has 3 nitrogen and oxygen atoms in total. The molecule has 0 aliphatic carbocycles. The molecule has 0 spiro atoms. The van der Waals surface area contributed by atoms with Gasteiger partial charge in [-0.05, 0) is 18.1 Å². The summed E-state index contributed by atoms with van der Waals surface area (Å²) in [7, 11) is 0. The van der Waals surface area contributed by atoms with E-state index >= 15 is 0 Å². The monoisotopic (exact) mass is 264 g/mol. The average Bonchev–Trinajstić information content (AvgIpc) is 2.74. The van der Waals surface area contributed by atoms with E-state index in [1.165, 1.54) is 12.1 Å². The zero-order chi connectivity index (χ0) is 14.0. The summed E-state index contributed by atoms with van der Waals surface area (Å²) in [5.41, 5.74) is 0.433. The van der Waals surface area contributed by atoms with Crippen molar-refractivity contribution in [3.05, 3.63) is 41.6 Å². The van der Waals surface area contributed by atoms with Gasteiger partial charge >= 0.3 is 0 Å². The topological polar surface area (TPSA) is 34.9 Å². The maximum absolute atomic E-state index is 13.7. The van der Waals surface area contributed by atoms with Gasteiger partial charge in [0.1, 0.15) is 5.69 Å². The van der Waals surface area contributed by atoms with Crippen molar-refractivity contribution >= 4 is 6.29 Å². The highest BCUT2D eigenvalue weighted by atomic mass is 19.2. The van der Waals surface area contributed by atoms with Gasteiger partial charge in [-0.3, -0.25) is 9.48 Å². The molecule has 0 atom stereocenters. The molecule has 100 valence electrons. The van der Waals surface area contributed by atoms with Crippen LogP contribution in [0.3, 0.4) is 0 Å². The lowest BCUT2D eigenvalue weighted by Crippen LogP contribution is -2.04. The summed E-state index contributed by atoms with van der Waals surface area (Å²) in [5.74, 6) is -1.60. The molecule has 0 aliphatic heterocycles. The van der Waals surface area contributed by atoms with Crippen molar-refractivity contribution in [2.45, 2.75) is 20.4 Å². The zero-order valence-electron chi connectivity index (χ0n) is 10.7. The van der Waals surface area contributed by atoms with Gasteiger partial charge in [-0.2, -0.15) is 5.10 Å². The van der Waals surface area contributed by atoms with Crippen LogP contribution in [0.5, 0.6) is 0 Å². The van der Waals surface area contributed by atoms with Gasteiger partial charge in [-0.1, -0.05) is 19.9 Å². The van der Waals surface area contributed by atoms with Crippen molar-refractivity contribution in [3.8, 4) is 11.3 Å². The first-order valence-electron chi connectivity index (χ1n) is 6.00. The second kappa shape index (κ2) is 5.30. The van der Waals surface area contributed by atoms with E-state index in [1.807, 2.05) is 13.8 Å². The Balaban J connectivity index is 2.52. The largest absolute Gasteiger partial charge is 0.298 e. The first kappa shape index (κ1) is 13.4. The van der Waals surface area contributed by atoms with Gasteiger partial charge in [0.05, 0.1) is 5.56 Å². The van der Waals surface area contributed by atoms with Crippen LogP contribution in [0.1, 0.15) is 24.2 Å². The van der Waals surface area contributed by atoms with Crippen molar-refractivity contribution in [1.29, 1.82) is 0 Å². The van der Waals surface area contributed by atoms with Crippen LogP contribution in [-0.2, 0) is 6.54 Å². The minimum absolute atomic E-state index is 0.00426. The Kier molecular flexibility index (Phi) is 3.74. The third-order valence-corrected chi connectivity index (χ3v) is 2.68. The van der Waals surface area contributed by atoms with E-state index in [1.54, 1.807) is 10.9 Å². The van der Waals surface area contributed by atoms with E-state index in [9.17, 15) is 13.6 Å². The molecule has 2 rings (SSSR count). The molecule has 0 saturated carbocycles. The van der Waals surface area contributed by atoms with Crippen molar-refractivity contribution in [3.63, 3.8) is 0 Å². The predicted molar refractivity (Wildman–Crippen MR) is 67.8 cm³/mol. The number of carbonyl (C=O) groups excluding carboxylic acids is 1. The minimum atomic E-state index is -0.986. The molecule has 5 heteroatoms. The zero-order valence-corrected chi connectivity index (χ0v) is 10.7. The third kappa shape index (κ3) is 2.70. The van der Waals surface area contributed by atoms with Crippen molar-refractivity contribution < 1.29 is 13.6 Å². The van der Waals surface area contributed by atoms with Gasteiger partial charge in [-0.25, -0.2) is 8.78 Å². The normalized spacial score (nSPS) is 11.0. The average molecular weight is 264 g/mol. The van der Waals surface area contributed by atoms with Crippen molar-refractivity contribution in [1.82, 2.24) is 9.78 Å². The number of hydrogen-bond acceptors (Lipinski definition) is 2. The van der Waals surface area contributed by atoms with Crippen LogP contribution < -0.4 is 0 Å². The first-order valence-corrected chi connectivity index (χ1v) is 6.00. The van der Waals surface area contributed by atoms with Crippen molar-refractivity contribution in [2.75, 3.05) is 0 Å². The molecule has 1 aromatic heterocycles. The number of nitrogens with zero attached hydrogens (tertiary/aromatic N) is 2. The lowest BCUT2D eigenvalue weighted by Gasteiger charge is -2.04. The molecule has 1 aromatic carbocycles. The highest BCUT2D eigenvalue weighted by Crippen LogP contribution is 2.25. The number of rotatable bonds is 4. The van der Waals surface area contributed by atoms with E-state index in [-0.39, 0.29) is 16.8 Å². The van der Waals surface area contributed by atoms with Crippen LogP contribution in [0, 0.1) is 17.6 Å². The maximum Gasteiger partial charge on any atom is 0.168 e. The summed E-state index contributed by atoms with van der Waals surface area (Å²) in [6.45, 7) is 4.62. The summed E-state index contributed by atoms with van der Waals surface area (Å²) < 4.78 is 28.5. The molecule has 0 radical (unpaired) electrons. The molecule has 0 bridgehead atoms. The summed E-state index contributed by atoms with van der Waals surface area (Å²) in [6, 6.07) is 3.84. The quantitative estimate of drug-likeness (QED) is 0.794. The Hall–Kier alpha value is -2.04. The Labute approximate surface area is 109 Å². The number of carbonyl (C=O) groups is 1. The minimum Gasteiger partial charge on any atom is -0.298 e. The van der Waals surface area contributed by atoms with E-state index in [4.69, 9.17) is 0 Å². The maximum atomic E-state index is 13.7. The van der Waals surface area contributed by atoms with E-state index in [0.29, 0.717) is 18.7 Å². The number of aromatic nitrogens is 2. The fraction of sp³-hybridized carbons (Fsp3) is 0.286. The van der Waals surface area contributed by atoms with Crippen LogP contribution in [0.15, 0.2) is 24.4 Å². The molecule has 0 unspecified atom stereocenters. The second-order valence-electron chi connectivity index (χ2n) is 4.77. The number of aldehydes is 1. The van der Waals surface area contributed by atoms with Gasteiger partial charge in [0.2, 0.25) is 0 Å². The summed E-state index contributed by atoms with van der Waals surface area (Å²) >= 11 is 0. The van der Waals surface area contributed by atoms with E-state index in [2.05, 4.69) is 5.10 Å². The summed E-state index contributed by atoms with van der Waals surface area (Å²) in [6.07, 6.45) is 2.15. The Morgan fingerprint density at radius 1 is 1.37 bits per heavy atom. The molecule has 0 saturated heterocycles. The molecular formula is C14H14F2N2O. The highest BCUT2D eigenvalue weighted by Gasteiger charge is 2.17. The van der Waals surface area contributed by atoms with Gasteiger partial charge in [-0.15, -0.1) is 0 Å². The van der Waals surface area contributed by atoms with Crippen LogP contribution in [-0.4, -0.2) is 16.1 Å². The van der Waals surface area contributed by atoms with E-state index < -0.39 is 11.6 Å². The smallest absolute Gasteiger partial charge is 0.168 e. The predicted octanol–water partition coefficient (Wildman–Crippen LogP) is 3.30. The number of hydrogen-bond donors (Lipinski definition) is 0. The molecule has 1 heterocycles. The fourth-order valence-corrected chi connectivity index (χ4v) is 1.89. The fourth-order valence-electron chi connectivity index (χ4n) is 1.89. The molecular weight excluding hydrogens is 250 g/mol. The van der Waals surface area contributed by atoms with Crippen LogP contribution >= 0.6 is 0 Å². The number of halogens is 2. The Bertz CT molecular complexity index is 605. The Morgan fingerprint density at radius 2 is 2.11 bits per heavy atom. The summed E-state index contributed by atoms with van der Waals surface area (Å²) in [4.78, 5) is 11.0. The van der Waals surface area contributed by atoms with Crippen LogP contribution in [0.4, 0.5) is 8.78 Å². The van der Waals surface area contributed by atoms with E-state index in [0.717, 1.165) is 6.07 Å².